The highest BCUT2D eigenvalue weighted by Crippen LogP contribution is 2.57. The molecule has 10 heteroatoms. The summed E-state index contributed by atoms with van der Waals surface area (Å²) in [7, 11) is 1.37. The van der Waals surface area contributed by atoms with Crippen molar-refractivity contribution in [2.24, 2.45) is 11.8 Å². The Bertz CT molecular complexity index is 1110. The van der Waals surface area contributed by atoms with Crippen LogP contribution in [0.5, 0.6) is 0 Å². The second-order valence-corrected chi connectivity index (χ2v) is 11.8. The molecule has 1 saturated carbocycles. The Morgan fingerprint density at radius 3 is 2.21 bits per heavy atom. The van der Waals surface area contributed by atoms with E-state index in [4.69, 9.17) is 14.2 Å². The van der Waals surface area contributed by atoms with Crippen LogP contribution in [0.2, 0.25) is 0 Å². The fourth-order valence-corrected chi connectivity index (χ4v) is 4.54. The van der Waals surface area contributed by atoms with Crippen molar-refractivity contribution in [3.8, 4) is 5.82 Å². The predicted octanol–water partition coefficient (Wildman–Crippen LogP) is 5.29. The second-order valence-electron chi connectivity index (χ2n) is 11.8. The van der Waals surface area contributed by atoms with Gasteiger partial charge >= 0.3 is 18.2 Å². The quantitative estimate of drug-likeness (QED) is 0.336. The molecule has 0 unspecified atom stereocenters. The van der Waals surface area contributed by atoms with E-state index in [0.29, 0.717) is 30.8 Å². The molecule has 10 nitrogen and oxygen atoms in total. The van der Waals surface area contributed by atoms with Gasteiger partial charge < -0.3 is 14.2 Å². The Kier molecular flexibility index (Phi) is 8.53. The van der Waals surface area contributed by atoms with Crippen LogP contribution in [0.1, 0.15) is 73.4 Å². The minimum absolute atomic E-state index is 0.0638. The van der Waals surface area contributed by atoms with Gasteiger partial charge in [-0.2, -0.15) is 0 Å². The molecule has 2 aromatic heterocycles. The first-order valence-corrected chi connectivity index (χ1v) is 13.0. The highest BCUT2D eigenvalue weighted by molar-refractivity contribution is 5.88. The lowest BCUT2D eigenvalue weighted by atomic mass is 9.92. The van der Waals surface area contributed by atoms with Crippen LogP contribution in [0.4, 0.5) is 9.59 Å². The average Bonchev–Trinajstić information content (AvgIpc) is 3.32. The number of pyridine rings is 1. The van der Waals surface area contributed by atoms with E-state index in [1.54, 1.807) is 58.6 Å². The Labute approximate surface area is 224 Å². The zero-order valence-corrected chi connectivity index (χ0v) is 23.7. The summed E-state index contributed by atoms with van der Waals surface area (Å²) in [5, 5.41) is 0. The molecule has 0 saturated heterocycles. The molecule has 1 fully saturated rings. The van der Waals surface area contributed by atoms with Crippen LogP contribution in [0.3, 0.4) is 0 Å². The van der Waals surface area contributed by atoms with E-state index in [-0.39, 0.29) is 24.3 Å². The fraction of sp³-hybridized carbons (Fsp3) is 0.607. The summed E-state index contributed by atoms with van der Waals surface area (Å²) in [4.78, 5) is 48.9. The summed E-state index contributed by atoms with van der Waals surface area (Å²) in [5.74, 6) is 0.190. The van der Waals surface area contributed by atoms with E-state index in [0.717, 1.165) is 4.90 Å². The molecule has 3 atom stereocenters. The topological polar surface area (TPSA) is 113 Å². The molecule has 1 aliphatic rings. The van der Waals surface area contributed by atoms with Crippen molar-refractivity contribution in [1.29, 1.82) is 0 Å². The first kappa shape index (κ1) is 29.1. The number of hydrogen-bond acceptors (Lipinski definition) is 8. The third kappa shape index (κ3) is 6.90. The third-order valence-corrected chi connectivity index (χ3v) is 6.47. The van der Waals surface area contributed by atoms with Gasteiger partial charge in [-0.05, 0) is 78.4 Å². The van der Waals surface area contributed by atoms with E-state index in [1.165, 1.54) is 7.11 Å². The summed E-state index contributed by atoms with van der Waals surface area (Å²) in [6.07, 6.45) is 5.47. The summed E-state index contributed by atoms with van der Waals surface area (Å²) in [5.41, 5.74) is -1.82. The van der Waals surface area contributed by atoms with Crippen LogP contribution in [0.15, 0.2) is 36.9 Å². The Hall–Kier alpha value is -3.43. The highest BCUT2D eigenvalue weighted by Gasteiger charge is 2.63. The number of amides is 2. The SMILES string of the molecule is CC[C@H](C[C@H]1C[C@]1(C(=O)OC)c1cn(-c2ccccn2)cn1)CN(C(=O)OC(C)(C)C)C(=O)OC(C)(C)C. The maximum atomic E-state index is 13.0. The number of carbonyl (C=O) groups excluding carboxylic acids is 3. The molecule has 1 aliphatic carbocycles. The number of carbonyl (C=O) groups is 3. The van der Waals surface area contributed by atoms with Gasteiger partial charge in [-0.3, -0.25) is 9.36 Å². The number of rotatable bonds is 8. The van der Waals surface area contributed by atoms with Gasteiger partial charge in [0, 0.05) is 18.9 Å². The molecule has 208 valence electrons. The van der Waals surface area contributed by atoms with Crippen molar-refractivity contribution in [2.75, 3.05) is 13.7 Å². The normalized spacial score (nSPS) is 19.8. The Morgan fingerprint density at radius 1 is 1.08 bits per heavy atom. The standard InChI is InChI=1S/C28H40N4O6/c1-9-19(16-32(24(34)37-26(2,3)4)25(35)38-27(5,6)7)14-20-15-28(20,23(33)36-8)21-17-31(18-30-21)22-12-10-11-13-29-22/h10-13,17-20H,9,14-16H2,1-8H3/t19-,20+,28-/m1/s1. The van der Waals surface area contributed by atoms with Gasteiger partial charge in [0.05, 0.1) is 12.8 Å². The molecule has 2 aromatic rings. The van der Waals surface area contributed by atoms with Crippen molar-refractivity contribution in [1.82, 2.24) is 19.4 Å². The van der Waals surface area contributed by atoms with E-state index in [9.17, 15) is 14.4 Å². The number of nitrogens with zero attached hydrogens (tertiary/aromatic N) is 4. The average molecular weight is 529 g/mol. The predicted molar refractivity (Wildman–Crippen MR) is 141 cm³/mol. The molecule has 2 amide bonds. The summed E-state index contributed by atoms with van der Waals surface area (Å²) < 4.78 is 18.0. The van der Waals surface area contributed by atoms with Crippen LogP contribution in [-0.2, 0) is 24.4 Å². The lowest BCUT2D eigenvalue weighted by Gasteiger charge is -2.30. The summed E-state index contributed by atoms with van der Waals surface area (Å²) in [6, 6.07) is 5.57. The van der Waals surface area contributed by atoms with E-state index in [1.807, 2.05) is 31.3 Å². The van der Waals surface area contributed by atoms with Gasteiger partial charge in [0.2, 0.25) is 0 Å². The zero-order valence-electron chi connectivity index (χ0n) is 23.7. The van der Waals surface area contributed by atoms with E-state index < -0.39 is 28.8 Å². The molecule has 0 bridgehead atoms. The number of hydrogen-bond donors (Lipinski definition) is 0. The number of imide groups is 1. The maximum Gasteiger partial charge on any atom is 0.419 e. The second kappa shape index (κ2) is 11.1. The monoisotopic (exact) mass is 528 g/mol. The molecule has 0 spiro atoms. The number of aromatic nitrogens is 3. The smallest absolute Gasteiger partial charge is 0.419 e. The largest absolute Gasteiger partial charge is 0.468 e. The van der Waals surface area contributed by atoms with Crippen molar-refractivity contribution < 1.29 is 28.6 Å². The first-order chi connectivity index (χ1) is 17.7. The van der Waals surface area contributed by atoms with Crippen molar-refractivity contribution in [3.05, 3.63) is 42.6 Å². The zero-order chi connectivity index (χ0) is 28.3. The van der Waals surface area contributed by atoms with Gasteiger partial charge in [0.1, 0.15) is 28.8 Å². The molecule has 0 aliphatic heterocycles. The van der Waals surface area contributed by atoms with Crippen LogP contribution >= 0.6 is 0 Å². The fourth-order valence-electron chi connectivity index (χ4n) is 4.54. The van der Waals surface area contributed by atoms with Gasteiger partial charge in [0.15, 0.2) is 0 Å². The van der Waals surface area contributed by atoms with Gasteiger partial charge in [-0.25, -0.2) is 24.5 Å². The number of imidazole rings is 1. The lowest BCUT2D eigenvalue weighted by Crippen LogP contribution is -2.45. The highest BCUT2D eigenvalue weighted by atomic mass is 16.6. The van der Waals surface area contributed by atoms with Crippen molar-refractivity contribution in [3.63, 3.8) is 0 Å². The molecule has 38 heavy (non-hydrogen) atoms. The third-order valence-electron chi connectivity index (χ3n) is 6.47. The van der Waals surface area contributed by atoms with Crippen molar-refractivity contribution >= 4 is 18.2 Å². The van der Waals surface area contributed by atoms with Crippen molar-refractivity contribution in [2.45, 2.75) is 84.3 Å². The Morgan fingerprint density at radius 2 is 1.71 bits per heavy atom. The molecule has 0 radical (unpaired) electrons. The van der Waals surface area contributed by atoms with Gasteiger partial charge in [-0.1, -0.05) is 19.4 Å². The molecule has 0 aromatic carbocycles. The van der Waals surface area contributed by atoms with E-state index in [2.05, 4.69) is 9.97 Å². The number of esters is 1. The van der Waals surface area contributed by atoms with Gasteiger partial charge in [0.25, 0.3) is 0 Å². The van der Waals surface area contributed by atoms with Crippen LogP contribution < -0.4 is 0 Å². The first-order valence-electron chi connectivity index (χ1n) is 13.0. The molecular weight excluding hydrogens is 488 g/mol. The molecule has 2 heterocycles. The van der Waals surface area contributed by atoms with Crippen LogP contribution in [0.25, 0.3) is 5.82 Å². The van der Waals surface area contributed by atoms with Crippen LogP contribution in [-0.4, -0.2) is 62.4 Å². The number of methoxy groups -OCH3 is 1. The molecule has 3 rings (SSSR count). The summed E-state index contributed by atoms with van der Waals surface area (Å²) >= 11 is 0. The molecule has 0 N–H and O–H groups in total. The maximum absolute atomic E-state index is 13.0. The van der Waals surface area contributed by atoms with Gasteiger partial charge in [-0.15, -0.1) is 0 Å². The molecular formula is C28H40N4O6. The minimum Gasteiger partial charge on any atom is -0.468 e. The minimum atomic E-state index is -0.884. The Balaban J connectivity index is 1.81. The lowest BCUT2D eigenvalue weighted by molar-refractivity contribution is -0.144. The van der Waals surface area contributed by atoms with Crippen LogP contribution in [0, 0.1) is 11.8 Å². The number of ether oxygens (including phenoxy) is 3. The van der Waals surface area contributed by atoms with E-state index >= 15 is 0 Å². The summed E-state index contributed by atoms with van der Waals surface area (Å²) in [6.45, 7) is 12.6.